The van der Waals surface area contributed by atoms with Crippen LogP contribution in [0.4, 0.5) is 0 Å². The van der Waals surface area contributed by atoms with E-state index in [1.165, 1.54) is 45.3 Å². The summed E-state index contributed by atoms with van der Waals surface area (Å²) >= 11 is 0. The molecule has 0 spiro atoms. The molecule has 3 nitrogen and oxygen atoms in total. The lowest BCUT2D eigenvalue weighted by Crippen LogP contribution is -2.35. The van der Waals surface area contributed by atoms with Gasteiger partial charge in [0.15, 0.2) is 0 Å². The molecule has 0 aliphatic carbocycles. The number of rotatable bonds is 8. The number of ether oxygens (including phenoxy) is 1. The van der Waals surface area contributed by atoms with E-state index in [4.69, 9.17) is 4.74 Å². The molecule has 0 aromatic heterocycles. The maximum Gasteiger partial charge on any atom is 0.0587 e. The van der Waals surface area contributed by atoms with Crippen molar-refractivity contribution in [2.24, 2.45) is 5.92 Å². The van der Waals surface area contributed by atoms with E-state index < -0.39 is 0 Å². The third-order valence-electron chi connectivity index (χ3n) is 3.30. The second-order valence-electron chi connectivity index (χ2n) is 5.00. The summed E-state index contributed by atoms with van der Waals surface area (Å²) in [4.78, 5) is 2.63. The molecule has 1 fully saturated rings. The van der Waals surface area contributed by atoms with E-state index in [1.54, 1.807) is 7.11 Å². The van der Waals surface area contributed by atoms with Crippen molar-refractivity contribution < 1.29 is 4.74 Å². The smallest absolute Gasteiger partial charge is 0.0587 e. The number of nitrogens with one attached hydrogen (secondary N) is 1. The Labute approximate surface area is 101 Å². The molecule has 0 amide bonds. The van der Waals surface area contributed by atoms with Gasteiger partial charge in [-0.25, -0.2) is 0 Å². The number of unbranched alkanes of at least 4 members (excludes halogenated alkanes) is 1. The molecule has 1 aliphatic heterocycles. The fourth-order valence-electron chi connectivity index (χ4n) is 2.37. The Morgan fingerprint density at radius 1 is 1.31 bits per heavy atom. The zero-order chi connectivity index (χ0) is 11.6. The van der Waals surface area contributed by atoms with Gasteiger partial charge in [0, 0.05) is 20.2 Å². The maximum atomic E-state index is 4.98. The average molecular weight is 228 g/mol. The van der Waals surface area contributed by atoms with Gasteiger partial charge in [0.1, 0.15) is 0 Å². The molecule has 1 N–H and O–H groups in total. The van der Waals surface area contributed by atoms with Gasteiger partial charge in [0.25, 0.3) is 0 Å². The lowest BCUT2D eigenvalue weighted by molar-refractivity contribution is 0.180. The first-order valence-corrected chi connectivity index (χ1v) is 6.75. The van der Waals surface area contributed by atoms with Crippen LogP contribution in [-0.4, -0.2) is 51.3 Å². The van der Waals surface area contributed by atoms with E-state index in [0.717, 1.165) is 25.6 Å². The monoisotopic (exact) mass is 228 g/mol. The highest BCUT2D eigenvalue weighted by atomic mass is 16.5. The van der Waals surface area contributed by atoms with Crippen molar-refractivity contribution in [3.05, 3.63) is 0 Å². The quantitative estimate of drug-likeness (QED) is 0.640. The van der Waals surface area contributed by atoms with Crippen LogP contribution in [0.3, 0.4) is 0 Å². The molecular formula is C13H28N2O. The van der Waals surface area contributed by atoms with Crippen LogP contribution in [0.1, 0.15) is 32.6 Å². The Morgan fingerprint density at radius 2 is 2.19 bits per heavy atom. The van der Waals surface area contributed by atoms with Gasteiger partial charge < -0.3 is 15.0 Å². The fourth-order valence-corrected chi connectivity index (χ4v) is 2.37. The zero-order valence-corrected chi connectivity index (χ0v) is 11.0. The van der Waals surface area contributed by atoms with Crippen LogP contribution in [-0.2, 0) is 4.74 Å². The van der Waals surface area contributed by atoms with Crippen molar-refractivity contribution >= 4 is 0 Å². The standard InChI is InChI=1S/C13H28N2O/c1-13-6-5-10-15(12-13)9-4-3-7-14-8-11-16-2/h13-14H,3-12H2,1-2H3. The van der Waals surface area contributed by atoms with Crippen LogP contribution in [0.2, 0.25) is 0 Å². The Bertz CT molecular complexity index is 164. The minimum atomic E-state index is 0.823. The van der Waals surface area contributed by atoms with Gasteiger partial charge >= 0.3 is 0 Å². The number of piperidine rings is 1. The first-order chi connectivity index (χ1) is 7.83. The van der Waals surface area contributed by atoms with Crippen LogP contribution >= 0.6 is 0 Å². The molecule has 1 unspecified atom stereocenters. The zero-order valence-electron chi connectivity index (χ0n) is 11.0. The topological polar surface area (TPSA) is 24.5 Å². The van der Waals surface area contributed by atoms with Gasteiger partial charge in [-0.15, -0.1) is 0 Å². The molecular weight excluding hydrogens is 200 g/mol. The molecule has 0 aromatic carbocycles. The molecule has 1 saturated heterocycles. The summed E-state index contributed by atoms with van der Waals surface area (Å²) in [6, 6.07) is 0. The van der Waals surface area contributed by atoms with E-state index in [9.17, 15) is 0 Å². The Kier molecular flexibility index (Phi) is 7.81. The summed E-state index contributed by atoms with van der Waals surface area (Å²) in [7, 11) is 1.75. The summed E-state index contributed by atoms with van der Waals surface area (Å²) in [6.45, 7) is 9.24. The van der Waals surface area contributed by atoms with Crippen LogP contribution in [0.15, 0.2) is 0 Å². The predicted molar refractivity (Wildman–Crippen MR) is 68.8 cm³/mol. The first kappa shape index (κ1) is 13.9. The van der Waals surface area contributed by atoms with Crippen molar-refractivity contribution in [3.63, 3.8) is 0 Å². The van der Waals surface area contributed by atoms with Crippen LogP contribution < -0.4 is 5.32 Å². The maximum absolute atomic E-state index is 4.98. The lowest BCUT2D eigenvalue weighted by Gasteiger charge is -2.30. The minimum Gasteiger partial charge on any atom is -0.383 e. The second-order valence-corrected chi connectivity index (χ2v) is 5.00. The van der Waals surface area contributed by atoms with Crippen LogP contribution in [0.25, 0.3) is 0 Å². The van der Waals surface area contributed by atoms with Gasteiger partial charge in [-0.2, -0.15) is 0 Å². The molecule has 1 heterocycles. The molecule has 1 rings (SSSR count). The molecule has 0 saturated carbocycles. The number of methoxy groups -OCH3 is 1. The highest BCUT2D eigenvalue weighted by Crippen LogP contribution is 2.15. The number of hydrogen-bond donors (Lipinski definition) is 1. The molecule has 1 aliphatic rings. The van der Waals surface area contributed by atoms with Crippen molar-refractivity contribution in [1.29, 1.82) is 0 Å². The first-order valence-electron chi connectivity index (χ1n) is 6.75. The highest BCUT2D eigenvalue weighted by Gasteiger charge is 2.14. The summed E-state index contributed by atoms with van der Waals surface area (Å²) in [6.07, 6.45) is 5.43. The number of nitrogens with zero attached hydrogens (tertiary/aromatic N) is 1. The Morgan fingerprint density at radius 3 is 2.94 bits per heavy atom. The summed E-state index contributed by atoms with van der Waals surface area (Å²) in [5.74, 6) is 0.911. The third kappa shape index (κ3) is 6.46. The average Bonchev–Trinajstić information content (AvgIpc) is 2.28. The normalized spacial score (nSPS) is 22.5. The van der Waals surface area contributed by atoms with Crippen molar-refractivity contribution in [2.45, 2.75) is 32.6 Å². The van der Waals surface area contributed by atoms with E-state index >= 15 is 0 Å². The predicted octanol–water partition coefficient (Wildman–Crippen LogP) is 1.73. The van der Waals surface area contributed by atoms with Crippen LogP contribution in [0, 0.1) is 5.92 Å². The van der Waals surface area contributed by atoms with E-state index in [-0.39, 0.29) is 0 Å². The van der Waals surface area contributed by atoms with Gasteiger partial charge in [-0.3, -0.25) is 0 Å². The molecule has 0 bridgehead atoms. The van der Waals surface area contributed by atoms with Crippen molar-refractivity contribution in [3.8, 4) is 0 Å². The molecule has 96 valence electrons. The number of likely N-dealkylation sites (tertiary alicyclic amines) is 1. The molecule has 3 heteroatoms. The molecule has 0 aromatic rings. The van der Waals surface area contributed by atoms with E-state index in [0.29, 0.717) is 0 Å². The number of hydrogen-bond acceptors (Lipinski definition) is 3. The van der Waals surface area contributed by atoms with Gasteiger partial charge in [0.05, 0.1) is 6.61 Å². The van der Waals surface area contributed by atoms with Crippen LogP contribution in [0.5, 0.6) is 0 Å². The van der Waals surface area contributed by atoms with Crippen molar-refractivity contribution in [2.75, 3.05) is 46.4 Å². The van der Waals surface area contributed by atoms with E-state index in [1.807, 2.05) is 0 Å². The SMILES string of the molecule is COCCNCCCCN1CCCC(C)C1. The Hall–Kier alpha value is -0.120. The summed E-state index contributed by atoms with van der Waals surface area (Å²) in [5, 5.41) is 3.39. The lowest BCUT2D eigenvalue weighted by atomic mass is 10.0. The largest absolute Gasteiger partial charge is 0.383 e. The van der Waals surface area contributed by atoms with Crippen molar-refractivity contribution in [1.82, 2.24) is 10.2 Å². The minimum absolute atomic E-state index is 0.823. The highest BCUT2D eigenvalue weighted by molar-refractivity contribution is 4.69. The molecule has 16 heavy (non-hydrogen) atoms. The summed E-state index contributed by atoms with van der Waals surface area (Å²) < 4.78 is 4.98. The van der Waals surface area contributed by atoms with Gasteiger partial charge in [-0.1, -0.05) is 6.92 Å². The van der Waals surface area contributed by atoms with E-state index in [2.05, 4.69) is 17.1 Å². The Balaban J connectivity index is 1.86. The fraction of sp³-hybridized carbons (Fsp3) is 1.00. The summed E-state index contributed by atoms with van der Waals surface area (Å²) in [5.41, 5.74) is 0. The molecule has 1 atom stereocenters. The molecule has 0 radical (unpaired) electrons. The third-order valence-corrected chi connectivity index (χ3v) is 3.30. The second kappa shape index (κ2) is 8.97. The van der Waals surface area contributed by atoms with Gasteiger partial charge in [0.2, 0.25) is 0 Å². The van der Waals surface area contributed by atoms with Gasteiger partial charge in [-0.05, 0) is 51.2 Å².